The molecular weight excluding hydrogens is 311 g/mol. The van der Waals surface area contributed by atoms with E-state index in [9.17, 15) is 4.39 Å². The van der Waals surface area contributed by atoms with Gasteiger partial charge < -0.3 is 4.90 Å². The Balaban J connectivity index is 1.80. The quantitative estimate of drug-likeness (QED) is 0.700. The summed E-state index contributed by atoms with van der Waals surface area (Å²) >= 11 is 0. The first-order valence-electron chi connectivity index (χ1n) is 9.92. The standard InChI is InChI=1S/C22H35FN2/c1-21(2)14-18(15-22(3,4)16-21)19-8-5-6-9-20(19)25-13-12-24(17-25)11-7-10-23/h5-6,8-9,18H,7,10-17H2,1-4H3. The molecule has 0 aromatic heterocycles. The van der Waals surface area contributed by atoms with E-state index in [-0.39, 0.29) is 6.67 Å². The molecule has 140 valence electrons. The van der Waals surface area contributed by atoms with Crippen LogP contribution in [0.1, 0.15) is 64.9 Å². The summed E-state index contributed by atoms with van der Waals surface area (Å²) in [5, 5.41) is 0. The first kappa shape index (κ1) is 18.7. The molecule has 2 aliphatic rings. The van der Waals surface area contributed by atoms with Gasteiger partial charge in [-0.05, 0) is 54.1 Å². The topological polar surface area (TPSA) is 6.48 Å². The van der Waals surface area contributed by atoms with Crippen LogP contribution in [-0.4, -0.2) is 37.9 Å². The van der Waals surface area contributed by atoms with Crippen molar-refractivity contribution in [3.8, 4) is 0 Å². The summed E-state index contributed by atoms with van der Waals surface area (Å²) in [6, 6.07) is 9.01. The van der Waals surface area contributed by atoms with Gasteiger partial charge >= 0.3 is 0 Å². The van der Waals surface area contributed by atoms with Crippen LogP contribution in [0.15, 0.2) is 24.3 Å². The summed E-state index contributed by atoms with van der Waals surface area (Å²) in [6.45, 7) is 13.4. The van der Waals surface area contributed by atoms with E-state index in [1.807, 2.05) is 0 Å². The lowest BCUT2D eigenvalue weighted by Gasteiger charge is -2.46. The van der Waals surface area contributed by atoms with E-state index in [2.05, 4.69) is 61.8 Å². The van der Waals surface area contributed by atoms with Crippen LogP contribution in [0.3, 0.4) is 0 Å². The number of para-hydroxylation sites is 1. The van der Waals surface area contributed by atoms with Gasteiger partial charge in [-0.3, -0.25) is 9.29 Å². The normalized spacial score (nSPS) is 24.0. The van der Waals surface area contributed by atoms with Gasteiger partial charge in [-0.2, -0.15) is 0 Å². The molecule has 0 amide bonds. The molecule has 1 heterocycles. The zero-order valence-corrected chi connectivity index (χ0v) is 16.5. The highest BCUT2D eigenvalue weighted by Gasteiger charge is 2.40. The van der Waals surface area contributed by atoms with Crippen LogP contribution in [0.25, 0.3) is 0 Å². The molecule has 0 atom stereocenters. The Morgan fingerprint density at radius 2 is 1.72 bits per heavy atom. The summed E-state index contributed by atoms with van der Waals surface area (Å²) in [6.07, 6.45) is 4.50. The Morgan fingerprint density at radius 1 is 1.04 bits per heavy atom. The lowest BCUT2D eigenvalue weighted by molar-refractivity contribution is 0.0970. The average Bonchev–Trinajstić information content (AvgIpc) is 2.98. The van der Waals surface area contributed by atoms with Crippen molar-refractivity contribution < 1.29 is 4.39 Å². The van der Waals surface area contributed by atoms with E-state index in [1.54, 1.807) is 0 Å². The number of benzene rings is 1. The minimum absolute atomic E-state index is 0.209. The number of rotatable bonds is 5. The highest BCUT2D eigenvalue weighted by molar-refractivity contribution is 5.56. The zero-order valence-electron chi connectivity index (χ0n) is 16.5. The van der Waals surface area contributed by atoms with E-state index in [4.69, 9.17) is 0 Å². The summed E-state index contributed by atoms with van der Waals surface area (Å²) in [5.74, 6) is 0.634. The predicted octanol–water partition coefficient (Wildman–Crippen LogP) is 5.45. The second kappa shape index (κ2) is 7.26. The van der Waals surface area contributed by atoms with Crippen molar-refractivity contribution >= 4 is 5.69 Å². The maximum absolute atomic E-state index is 12.5. The van der Waals surface area contributed by atoms with Gasteiger partial charge in [0.2, 0.25) is 0 Å². The van der Waals surface area contributed by atoms with Crippen molar-refractivity contribution in [2.24, 2.45) is 10.8 Å². The van der Waals surface area contributed by atoms with Crippen LogP contribution >= 0.6 is 0 Å². The van der Waals surface area contributed by atoms with Crippen molar-refractivity contribution in [3.63, 3.8) is 0 Å². The van der Waals surface area contributed by atoms with Crippen molar-refractivity contribution in [3.05, 3.63) is 29.8 Å². The monoisotopic (exact) mass is 346 g/mol. The zero-order chi connectivity index (χ0) is 18.1. The van der Waals surface area contributed by atoms with Gasteiger partial charge in [-0.1, -0.05) is 45.9 Å². The molecule has 25 heavy (non-hydrogen) atoms. The van der Waals surface area contributed by atoms with Gasteiger partial charge in [-0.15, -0.1) is 0 Å². The lowest BCUT2D eigenvalue weighted by atomic mass is 9.60. The molecule has 1 aliphatic heterocycles. The Kier molecular flexibility index (Phi) is 5.43. The molecule has 0 N–H and O–H groups in total. The third kappa shape index (κ3) is 4.55. The summed E-state index contributed by atoms with van der Waals surface area (Å²) in [5.41, 5.74) is 3.73. The molecular formula is C22H35FN2. The fourth-order valence-corrected chi connectivity index (χ4v) is 5.49. The fraction of sp³-hybridized carbons (Fsp3) is 0.727. The molecule has 1 aliphatic carbocycles. The largest absolute Gasteiger partial charge is 0.357 e. The van der Waals surface area contributed by atoms with Gasteiger partial charge in [0.25, 0.3) is 0 Å². The Labute approximate surface area is 153 Å². The molecule has 0 bridgehead atoms. The molecule has 1 saturated heterocycles. The average molecular weight is 347 g/mol. The van der Waals surface area contributed by atoms with Crippen molar-refractivity contribution in [2.45, 2.75) is 59.3 Å². The molecule has 3 rings (SSSR count). The molecule has 2 fully saturated rings. The summed E-state index contributed by atoms with van der Waals surface area (Å²) < 4.78 is 12.5. The van der Waals surface area contributed by atoms with E-state index < -0.39 is 0 Å². The van der Waals surface area contributed by atoms with Gasteiger partial charge in [0.15, 0.2) is 0 Å². The second-order valence-electron chi connectivity index (χ2n) is 9.73. The SMILES string of the molecule is CC1(C)CC(c2ccccc2N2CCN(CCCF)C2)CC(C)(C)C1. The number of nitrogens with zero attached hydrogens (tertiary/aromatic N) is 2. The van der Waals surface area contributed by atoms with Crippen LogP contribution in [-0.2, 0) is 0 Å². The van der Waals surface area contributed by atoms with Gasteiger partial charge in [-0.25, -0.2) is 0 Å². The first-order valence-corrected chi connectivity index (χ1v) is 9.92. The molecule has 3 heteroatoms. The summed E-state index contributed by atoms with van der Waals surface area (Å²) in [7, 11) is 0. The molecule has 0 radical (unpaired) electrons. The van der Waals surface area contributed by atoms with E-state index in [0.29, 0.717) is 23.2 Å². The Hall–Kier alpha value is -1.09. The molecule has 1 aromatic carbocycles. The number of hydrogen-bond acceptors (Lipinski definition) is 2. The molecule has 0 unspecified atom stereocenters. The highest BCUT2D eigenvalue weighted by atomic mass is 19.1. The van der Waals surface area contributed by atoms with Crippen LogP contribution in [0.2, 0.25) is 0 Å². The third-order valence-electron chi connectivity index (χ3n) is 5.94. The minimum atomic E-state index is -0.209. The van der Waals surface area contributed by atoms with Crippen molar-refractivity contribution in [1.82, 2.24) is 4.90 Å². The van der Waals surface area contributed by atoms with Gasteiger partial charge in [0, 0.05) is 25.3 Å². The molecule has 0 spiro atoms. The minimum Gasteiger partial charge on any atom is -0.357 e. The van der Waals surface area contributed by atoms with Crippen molar-refractivity contribution in [2.75, 3.05) is 37.9 Å². The molecule has 1 aromatic rings. The third-order valence-corrected chi connectivity index (χ3v) is 5.94. The smallest absolute Gasteiger partial charge is 0.0906 e. The van der Waals surface area contributed by atoms with E-state index >= 15 is 0 Å². The first-order chi connectivity index (χ1) is 11.8. The van der Waals surface area contributed by atoms with Gasteiger partial charge in [0.05, 0.1) is 13.3 Å². The van der Waals surface area contributed by atoms with Crippen molar-refractivity contribution in [1.29, 1.82) is 0 Å². The maximum Gasteiger partial charge on any atom is 0.0906 e. The lowest BCUT2D eigenvalue weighted by Crippen LogP contribution is -2.34. The Bertz CT molecular complexity index is 565. The highest BCUT2D eigenvalue weighted by Crippen LogP contribution is 2.53. The van der Waals surface area contributed by atoms with E-state index in [0.717, 1.165) is 26.3 Å². The van der Waals surface area contributed by atoms with Gasteiger partial charge in [0.1, 0.15) is 0 Å². The predicted molar refractivity (Wildman–Crippen MR) is 105 cm³/mol. The van der Waals surface area contributed by atoms with Crippen LogP contribution in [0, 0.1) is 10.8 Å². The number of alkyl halides is 1. The van der Waals surface area contributed by atoms with E-state index in [1.165, 1.54) is 30.5 Å². The van der Waals surface area contributed by atoms with Crippen LogP contribution in [0.5, 0.6) is 0 Å². The molecule has 2 nitrogen and oxygen atoms in total. The maximum atomic E-state index is 12.5. The fourth-order valence-electron chi connectivity index (χ4n) is 5.49. The summed E-state index contributed by atoms with van der Waals surface area (Å²) in [4.78, 5) is 4.88. The van der Waals surface area contributed by atoms with Crippen LogP contribution < -0.4 is 4.90 Å². The van der Waals surface area contributed by atoms with Crippen LogP contribution in [0.4, 0.5) is 10.1 Å². The number of anilines is 1. The molecule has 1 saturated carbocycles. The Morgan fingerprint density at radius 3 is 2.40 bits per heavy atom. The number of hydrogen-bond donors (Lipinski definition) is 0. The second-order valence-corrected chi connectivity index (χ2v) is 9.73. The number of halogens is 1.